The highest BCUT2D eigenvalue weighted by atomic mass is 16.5. The summed E-state index contributed by atoms with van der Waals surface area (Å²) in [6.07, 6.45) is 2.06. The summed E-state index contributed by atoms with van der Waals surface area (Å²) < 4.78 is 5.20. The molecule has 2 heterocycles. The number of rotatable bonds is 6. The van der Waals surface area contributed by atoms with Crippen molar-refractivity contribution in [3.63, 3.8) is 0 Å². The lowest BCUT2D eigenvalue weighted by molar-refractivity contribution is -0.131. The first-order valence-corrected chi connectivity index (χ1v) is 12.0. The largest absolute Gasteiger partial charge is 0.497 e. The number of ether oxygens (including phenoxy) is 1. The Balaban J connectivity index is 1.31. The van der Waals surface area contributed by atoms with E-state index in [1.165, 1.54) is 0 Å². The van der Waals surface area contributed by atoms with Crippen LogP contribution in [0.15, 0.2) is 84.9 Å². The predicted octanol–water partition coefficient (Wildman–Crippen LogP) is 5.16. The Morgan fingerprint density at radius 2 is 1.43 bits per heavy atom. The molecule has 1 aliphatic rings. The minimum absolute atomic E-state index is 0.150. The fraction of sp³-hybridized carbons (Fsp3) is 0.241. The fourth-order valence-electron chi connectivity index (χ4n) is 4.52. The molecular weight excluding hydrogens is 436 g/mol. The SMILES string of the molecule is COc1ccc(CC(=O)N2CCC(c3nnc(-c4ccccc4)c(-c4ccccc4)n3)CC2)cc1. The van der Waals surface area contributed by atoms with Gasteiger partial charge >= 0.3 is 0 Å². The number of hydrogen-bond acceptors (Lipinski definition) is 5. The van der Waals surface area contributed by atoms with E-state index < -0.39 is 0 Å². The maximum atomic E-state index is 12.9. The zero-order valence-corrected chi connectivity index (χ0v) is 19.8. The molecule has 1 aromatic heterocycles. The third kappa shape index (κ3) is 5.22. The Kier molecular flexibility index (Phi) is 6.80. The molecule has 1 saturated heterocycles. The maximum absolute atomic E-state index is 12.9. The molecule has 0 aliphatic carbocycles. The molecule has 1 aliphatic heterocycles. The molecule has 0 N–H and O–H groups in total. The van der Waals surface area contributed by atoms with E-state index in [1.54, 1.807) is 7.11 Å². The number of piperidine rings is 1. The van der Waals surface area contributed by atoms with Gasteiger partial charge in [-0.1, -0.05) is 72.8 Å². The van der Waals surface area contributed by atoms with Crippen LogP contribution in [-0.4, -0.2) is 46.2 Å². The van der Waals surface area contributed by atoms with Crippen molar-refractivity contribution in [2.75, 3.05) is 20.2 Å². The molecule has 0 bridgehead atoms. The van der Waals surface area contributed by atoms with Gasteiger partial charge in [0.05, 0.1) is 13.5 Å². The Bertz CT molecular complexity index is 1270. The number of hydrogen-bond donors (Lipinski definition) is 0. The highest BCUT2D eigenvalue weighted by Crippen LogP contribution is 2.32. The molecule has 3 aromatic carbocycles. The molecule has 4 aromatic rings. The summed E-state index contributed by atoms with van der Waals surface area (Å²) in [5, 5.41) is 9.16. The Labute approximate surface area is 205 Å². The van der Waals surface area contributed by atoms with Crippen molar-refractivity contribution in [2.45, 2.75) is 25.2 Å². The molecular formula is C29H28N4O2. The number of carbonyl (C=O) groups excluding carboxylic acids is 1. The van der Waals surface area contributed by atoms with Gasteiger partial charge in [0.1, 0.15) is 17.1 Å². The van der Waals surface area contributed by atoms with Crippen molar-refractivity contribution < 1.29 is 9.53 Å². The van der Waals surface area contributed by atoms with Crippen molar-refractivity contribution in [2.24, 2.45) is 0 Å². The molecule has 0 saturated carbocycles. The van der Waals surface area contributed by atoms with Crippen molar-refractivity contribution in [1.29, 1.82) is 0 Å². The molecule has 0 unspecified atom stereocenters. The van der Waals surface area contributed by atoms with E-state index >= 15 is 0 Å². The second-order valence-corrected chi connectivity index (χ2v) is 8.78. The van der Waals surface area contributed by atoms with Crippen LogP contribution in [0.3, 0.4) is 0 Å². The lowest BCUT2D eigenvalue weighted by Gasteiger charge is -2.31. The molecule has 1 fully saturated rings. The number of nitrogens with zero attached hydrogens (tertiary/aromatic N) is 4. The second-order valence-electron chi connectivity index (χ2n) is 8.78. The van der Waals surface area contributed by atoms with Crippen molar-refractivity contribution >= 4 is 5.91 Å². The van der Waals surface area contributed by atoms with E-state index in [4.69, 9.17) is 9.72 Å². The molecule has 6 heteroatoms. The molecule has 0 spiro atoms. The first-order valence-electron chi connectivity index (χ1n) is 12.0. The molecule has 176 valence electrons. The summed E-state index contributed by atoms with van der Waals surface area (Å²) in [6, 6.07) is 27.9. The minimum Gasteiger partial charge on any atom is -0.497 e. The molecule has 6 nitrogen and oxygen atoms in total. The van der Waals surface area contributed by atoms with E-state index in [2.05, 4.69) is 22.3 Å². The standard InChI is InChI=1S/C29H28N4O2/c1-35-25-14-12-21(13-15-25)20-26(34)33-18-16-24(17-19-33)29-30-27(22-8-4-2-5-9-22)28(31-32-29)23-10-6-3-7-11-23/h2-15,24H,16-20H2,1H3. The van der Waals surface area contributed by atoms with Crippen LogP contribution >= 0.6 is 0 Å². The van der Waals surface area contributed by atoms with Crippen LogP contribution in [0, 0.1) is 0 Å². The highest BCUT2D eigenvalue weighted by Gasteiger charge is 2.27. The molecule has 0 atom stereocenters. The zero-order valence-electron chi connectivity index (χ0n) is 19.8. The van der Waals surface area contributed by atoms with E-state index in [0.717, 1.165) is 52.5 Å². The van der Waals surface area contributed by atoms with Crippen LogP contribution in [0.5, 0.6) is 5.75 Å². The van der Waals surface area contributed by atoms with Crippen molar-refractivity contribution in [1.82, 2.24) is 20.1 Å². The highest BCUT2D eigenvalue weighted by molar-refractivity contribution is 5.79. The lowest BCUT2D eigenvalue weighted by atomic mass is 9.95. The van der Waals surface area contributed by atoms with E-state index in [0.29, 0.717) is 19.5 Å². The van der Waals surface area contributed by atoms with Gasteiger partial charge in [0.2, 0.25) is 5.91 Å². The fourth-order valence-corrected chi connectivity index (χ4v) is 4.52. The van der Waals surface area contributed by atoms with Crippen LogP contribution in [0.2, 0.25) is 0 Å². The van der Waals surface area contributed by atoms with Crippen LogP contribution < -0.4 is 4.74 Å². The van der Waals surface area contributed by atoms with Gasteiger partial charge in [0.15, 0.2) is 5.82 Å². The maximum Gasteiger partial charge on any atom is 0.226 e. The van der Waals surface area contributed by atoms with E-state index in [9.17, 15) is 4.79 Å². The Hall–Kier alpha value is -4.06. The van der Waals surface area contributed by atoms with Crippen molar-refractivity contribution in [3.8, 4) is 28.3 Å². The Morgan fingerprint density at radius 1 is 0.829 bits per heavy atom. The smallest absolute Gasteiger partial charge is 0.226 e. The van der Waals surface area contributed by atoms with E-state index in [-0.39, 0.29) is 11.8 Å². The topological polar surface area (TPSA) is 68.2 Å². The van der Waals surface area contributed by atoms with Gasteiger partial charge in [-0.05, 0) is 30.5 Å². The van der Waals surface area contributed by atoms with Gasteiger partial charge in [-0.25, -0.2) is 4.98 Å². The summed E-state index contributed by atoms with van der Waals surface area (Å²) in [4.78, 5) is 19.8. The number of methoxy groups -OCH3 is 1. The van der Waals surface area contributed by atoms with Crippen LogP contribution in [0.25, 0.3) is 22.5 Å². The number of aromatic nitrogens is 3. The quantitative estimate of drug-likeness (QED) is 0.394. The monoisotopic (exact) mass is 464 g/mol. The van der Waals surface area contributed by atoms with Gasteiger partial charge in [-0.15, -0.1) is 10.2 Å². The summed E-state index contributed by atoms with van der Waals surface area (Å²) in [5.41, 5.74) is 4.65. The van der Waals surface area contributed by atoms with Gasteiger partial charge in [0, 0.05) is 30.1 Å². The third-order valence-electron chi connectivity index (χ3n) is 6.52. The normalized spacial score (nSPS) is 14.0. The van der Waals surface area contributed by atoms with Gasteiger partial charge in [0.25, 0.3) is 0 Å². The molecule has 5 rings (SSSR count). The number of amides is 1. The lowest BCUT2D eigenvalue weighted by Crippen LogP contribution is -2.39. The van der Waals surface area contributed by atoms with Crippen LogP contribution in [-0.2, 0) is 11.2 Å². The number of benzene rings is 3. The number of carbonyl (C=O) groups is 1. The molecule has 0 radical (unpaired) electrons. The average Bonchev–Trinajstić information content (AvgIpc) is 2.94. The average molecular weight is 465 g/mol. The van der Waals surface area contributed by atoms with Crippen LogP contribution in [0.1, 0.15) is 30.1 Å². The first-order chi connectivity index (χ1) is 17.2. The minimum atomic E-state index is 0.150. The summed E-state index contributed by atoms with van der Waals surface area (Å²) in [5.74, 6) is 1.88. The second kappa shape index (κ2) is 10.5. The summed E-state index contributed by atoms with van der Waals surface area (Å²) in [7, 11) is 1.64. The van der Waals surface area contributed by atoms with E-state index in [1.807, 2.05) is 77.7 Å². The molecule has 35 heavy (non-hydrogen) atoms. The molecule has 1 amide bonds. The van der Waals surface area contributed by atoms with Crippen molar-refractivity contribution in [3.05, 3.63) is 96.3 Å². The number of likely N-dealkylation sites (tertiary alicyclic amines) is 1. The first kappa shape index (κ1) is 22.7. The summed E-state index contributed by atoms with van der Waals surface area (Å²) in [6.45, 7) is 1.40. The van der Waals surface area contributed by atoms with Crippen LogP contribution in [0.4, 0.5) is 0 Å². The third-order valence-corrected chi connectivity index (χ3v) is 6.52. The predicted molar refractivity (Wildman–Crippen MR) is 136 cm³/mol. The summed E-state index contributed by atoms with van der Waals surface area (Å²) >= 11 is 0. The zero-order chi connectivity index (χ0) is 24.0. The van der Waals surface area contributed by atoms with Gasteiger partial charge < -0.3 is 9.64 Å². The Morgan fingerprint density at radius 3 is 2.03 bits per heavy atom. The van der Waals surface area contributed by atoms with Gasteiger partial charge in [-0.2, -0.15) is 0 Å². The van der Waals surface area contributed by atoms with Gasteiger partial charge in [-0.3, -0.25) is 4.79 Å².